The van der Waals surface area contributed by atoms with Crippen LogP contribution in [-0.2, 0) is 9.47 Å². The van der Waals surface area contributed by atoms with E-state index in [4.69, 9.17) is 26.4 Å². The molecule has 1 fully saturated rings. The van der Waals surface area contributed by atoms with Crippen molar-refractivity contribution in [3.8, 4) is 0 Å². The zero-order chi connectivity index (χ0) is 25.0. The minimum absolute atomic E-state index is 0.0602. The Kier molecular flexibility index (Phi) is 9.88. The van der Waals surface area contributed by atoms with E-state index in [0.717, 1.165) is 74.6 Å². The third kappa shape index (κ3) is 8.27. The molecule has 0 spiro atoms. The number of nitrogens with zero attached hydrogens (tertiary/aromatic N) is 3. The number of nitrogens with two attached hydrogens (primary N) is 2. The lowest BCUT2D eigenvalue weighted by molar-refractivity contribution is 0.0377. The van der Waals surface area contributed by atoms with Gasteiger partial charge in [-0.1, -0.05) is 0 Å². The normalized spacial score (nSPS) is 19.8. The molecule has 3 rings (SSSR count). The minimum atomic E-state index is -0.0602. The van der Waals surface area contributed by atoms with Gasteiger partial charge in [-0.2, -0.15) is 0 Å². The highest BCUT2D eigenvalue weighted by Gasteiger charge is 2.16. The highest BCUT2D eigenvalue weighted by atomic mass is 16.5. The van der Waals surface area contributed by atoms with Crippen molar-refractivity contribution in [3.63, 3.8) is 0 Å². The van der Waals surface area contributed by atoms with E-state index in [9.17, 15) is 0 Å². The summed E-state index contributed by atoms with van der Waals surface area (Å²) in [4.78, 5) is 11.4. The molecular formula is C25H36N8O2. The molecule has 0 aromatic heterocycles. The fourth-order valence-corrected chi connectivity index (χ4v) is 3.61. The molecule has 0 saturated carbocycles. The zero-order valence-electron chi connectivity index (χ0n) is 20.5. The van der Waals surface area contributed by atoms with Gasteiger partial charge in [-0.05, 0) is 38.5 Å². The van der Waals surface area contributed by atoms with Crippen molar-refractivity contribution in [1.29, 1.82) is 5.41 Å². The summed E-state index contributed by atoms with van der Waals surface area (Å²) < 4.78 is 10.9. The van der Waals surface area contributed by atoms with E-state index < -0.39 is 0 Å². The molecule has 0 aromatic carbocycles. The molecule has 0 amide bonds. The Morgan fingerprint density at radius 1 is 1.29 bits per heavy atom. The molecule has 0 bridgehead atoms. The summed E-state index contributed by atoms with van der Waals surface area (Å²) in [6.45, 7) is 9.14. The Morgan fingerprint density at radius 3 is 2.80 bits per heavy atom. The van der Waals surface area contributed by atoms with Gasteiger partial charge in [-0.15, -0.1) is 0 Å². The van der Waals surface area contributed by atoms with Crippen LogP contribution in [0.4, 0.5) is 0 Å². The van der Waals surface area contributed by atoms with Crippen LogP contribution in [0.25, 0.3) is 0 Å². The molecule has 3 aliphatic heterocycles. The molecule has 0 unspecified atom stereocenters. The van der Waals surface area contributed by atoms with Gasteiger partial charge >= 0.3 is 0 Å². The molecule has 3 heterocycles. The van der Waals surface area contributed by atoms with Crippen molar-refractivity contribution >= 4 is 18.3 Å². The molecule has 0 aliphatic carbocycles. The van der Waals surface area contributed by atoms with Crippen molar-refractivity contribution in [2.45, 2.75) is 26.4 Å². The predicted octanol–water partition coefficient (Wildman–Crippen LogP) is 1.64. The molecule has 0 atom stereocenters. The van der Waals surface area contributed by atoms with Crippen LogP contribution in [0, 0.1) is 5.41 Å². The van der Waals surface area contributed by atoms with Gasteiger partial charge in [0.05, 0.1) is 36.9 Å². The van der Waals surface area contributed by atoms with Crippen LogP contribution in [0.1, 0.15) is 20.3 Å². The van der Waals surface area contributed by atoms with E-state index in [1.165, 1.54) is 6.08 Å². The molecule has 1 saturated heterocycles. The average Bonchev–Trinajstić information content (AvgIpc) is 2.85. The topological polar surface area (TPSA) is 146 Å². The van der Waals surface area contributed by atoms with E-state index in [1.807, 2.05) is 44.5 Å². The smallest absolute Gasteiger partial charge is 0.140 e. The van der Waals surface area contributed by atoms with Crippen molar-refractivity contribution in [3.05, 3.63) is 70.8 Å². The van der Waals surface area contributed by atoms with Gasteiger partial charge in [0, 0.05) is 62.0 Å². The third-order valence-corrected chi connectivity index (χ3v) is 5.31. The average molecular weight is 481 g/mol. The first kappa shape index (κ1) is 26.0. The van der Waals surface area contributed by atoms with E-state index in [0.29, 0.717) is 11.6 Å². The predicted molar refractivity (Wildman–Crippen MR) is 141 cm³/mol. The highest BCUT2D eigenvalue weighted by molar-refractivity contribution is 5.96. The largest absolute Gasteiger partial charge is 0.489 e. The van der Waals surface area contributed by atoms with Crippen molar-refractivity contribution in [2.75, 3.05) is 39.4 Å². The second-order valence-corrected chi connectivity index (χ2v) is 8.42. The molecule has 10 heteroatoms. The number of ether oxygens (including phenoxy) is 2. The first-order valence-corrected chi connectivity index (χ1v) is 11.8. The molecule has 3 aliphatic rings. The van der Waals surface area contributed by atoms with Crippen molar-refractivity contribution in [2.24, 2.45) is 21.5 Å². The lowest BCUT2D eigenvalue weighted by atomic mass is 10.0. The fourth-order valence-electron chi connectivity index (χ4n) is 3.61. The molecular weight excluding hydrogens is 444 g/mol. The quantitative estimate of drug-likeness (QED) is 0.131. The molecule has 0 radical (unpaired) electrons. The number of rotatable bonds is 11. The van der Waals surface area contributed by atoms with Crippen molar-refractivity contribution in [1.82, 2.24) is 15.5 Å². The number of nitrogens with one attached hydrogen (secondary N) is 3. The van der Waals surface area contributed by atoms with E-state index in [1.54, 1.807) is 6.20 Å². The maximum atomic E-state index is 7.46. The standard InChI is InChI=1S/C25H36N8O2/c1-18(2)35-21(15-27)13-24(28)32-25-5-4-22-23(31-25)12-19(17-30-22)20(14-26)16-29-6-3-7-33-8-10-34-11-9-33/h4-5,12-18,27,30-31H,3,6-11,26H2,1-2H3,(H2,28,32). The third-order valence-electron chi connectivity index (χ3n) is 5.31. The van der Waals surface area contributed by atoms with Crippen LogP contribution in [-0.4, -0.2) is 68.7 Å². The minimum Gasteiger partial charge on any atom is -0.489 e. The summed E-state index contributed by atoms with van der Waals surface area (Å²) in [5.74, 6) is 1.15. The summed E-state index contributed by atoms with van der Waals surface area (Å²) in [7, 11) is 0. The molecule has 7 N–H and O–H groups in total. The lowest BCUT2D eigenvalue weighted by Gasteiger charge is -2.26. The molecule has 35 heavy (non-hydrogen) atoms. The first-order chi connectivity index (χ1) is 17.0. The number of aliphatic imine (C=N–C) groups is 2. The van der Waals surface area contributed by atoms with Crippen LogP contribution in [0.3, 0.4) is 0 Å². The SMILES string of the molecule is CC(C)OC(C=N)=CC(N)=NC1=CC=C2NC=C(C(C=NCCCN3CCOCC3)=CN)C=C2N1. The van der Waals surface area contributed by atoms with Crippen LogP contribution in [0.15, 0.2) is 80.8 Å². The van der Waals surface area contributed by atoms with E-state index in [-0.39, 0.29) is 11.9 Å². The maximum absolute atomic E-state index is 7.46. The van der Waals surface area contributed by atoms with E-state index >= 15 is 0 Å². The van der Waals surface area contributed by atoms with Crippen molar-refractivity contribution < 1.29 is 9.47 Å². The number of hydrogen-bond donors (Lipinski definition) is 5. The van der Waals surface area contributed by atoms with Crippen LogP contribution in [0.5, 0.6) is 0 Å². The fraction of sp³-hybridized carbons (Fsp3) is 0.400. The second-order valence-electron chi connectivity index (χ2n) is 8.42. The lowest BCUT2D eigenvalue weighted by Crippen LogP contribution is -2.37. The monoisotopic (exact) mass is 480 g/mol. The van der Waals surface area contributed by atoms with E-state index in [2.05, 4.69) is 25.5 Å². The molecule has 0 aromatic rings. The van der Waals surface area contributed by atoms with Gasteiger partial charge in [0.15, 0.2) is 0 Å². The molecule has 188 valence electrons. The maximum Gasteiger partial charge on any atom is 0.140 e. The number of amidine groups is 1. The Balaban J connectivity index is 1.58. The van der Waals surface area contributed by atoms with Crippen LogP contribution >= 0.6 is 0 Å². The Hall–Kier alpha value is -3.63. The zero-order valence-corrected chi connectivity index (χ0v) is 20.5. The number of fused-ring (bicyclic) bond motifs is 1. The second kappa shape index (κ2) is 13.3. The number of dihydropyridines is 2. The van der Waals surface area contributed by atoms with Gasteiger partial charge in [-0.25, -0.2) is 4.99 Å². The Morgan fingerprint density at radius 2 is 2.09 bits per heavy atom. The summed E-state index contributed by atoms with van der Waals surface area (Å²) in [6, 6.07) is 0. The van der Waals surface area contributed by atoms with Gasteiger partial charge in [0.2, 0.25) is 0 Å². The molecule has 10 nitrogen and oxygen atoms in total. The summed E-state index contributed by atoms with van der Waals surface area (Å²) in [5, 5.41) is 14.0. The summed E-state index contributed by atoms with van der Waals surface area (Å²) >= 11 is 0. The van der Waals surface area contributed by atoms with Crippen LogP contribution in [0.2, 0.25) is 0 Å². The Labute approximate surface area is 207 Å². The van der Waals surface area contributed by atoms with Crippen LogP contribution < -0.4 is 22.1 Å². The summed E-state index contributed by atoms with van der Waals surface area (Å²) in [5.41, 5.74) is 15.4. The van der Waals surface area contributed by atoms with Gasteiger partial charge in [0.25, 0.3) is 0 Å². The van der Waals surface area contributed by atoms with Gasteiger partial charge in [-0.3, -0.25) is 9.89 Å². The summed E-state index contributed by atoms with van der Waals surface area (Å²) in [6.07, 6.45) is 14.6. The van der Waals surface area contributed by atoms with Gasteiger partial charge < -0.3 is 37.0 Å². The number of morpholine rings is 1. The first-order valence-electron chi connectivity index (χ1n) is 11.8. The highest BCUT2D eigenvalue weighted by Crippen LogP contribution is 2.22. The number of allylic oxidation sites excluding steroid dienone is 6. The number of hydrogen-bond acceptors (Lipinski definition) is 9. The Bertz CT molecular complexity index is 1010. The van der Waals surface area contributed by atoms with Gasteiger partial charge in [0.1, 0.15) is 17.4 Å².